The summed E-state index contributed by atoms with van der Waals surface area (Å²) in [5, 5.41) is 23.2. The van der Waals surface area contributed by atoms with E-state index in [2.05, 4.69) is 5.32 Å². The maximum Gasteiger partial charge on any atom is 0.253 e. The molecular formula is C22H38N4O6. The predicted octanol–water partition coefficient (Wildman–Crippen LogP) is -0.528. The standard InChI is InChI=1S/C20H32N4O6.C2H6/c1-12-6-4-9-23(12)18(29)16(13(2)26)24-10-20(14(3)27,19(24)30)21-17(28)15-7-5-8-22(15)11-25;1-2/h11-16,26-27H,4-10H2,1-3H3,(H,21,28);1-2H3. The molecule has 182 valence electrons. The van der Waals surface area contributed by atoms with Crippen LogP contribution in [-0.4, -0.2) is 105 Å². The quantitative estimate of drug-likeness (QED) is 0.350. The van der Waals surface area contributed by atoms with Crippen LogP contribution in [0.3, 0.4) is 0 Å². The molecule has 0 saturated carbocycles. The summed E-state index contributed by atoms with van der Waals surface area (Å²) < 4.78 is 0. The first-order chi connectivity index (χ1) is 15.1. The van der Waals surface area contributed by atoms with Gasteiger partial charge in [-0.15, -0.1) is 0 Å². The van der Waals surface area contributed by atoms with Gasteiger partial charge in [0.05, 0.1) is 18.8 Å². The number of likely N-dealkylation sites (tertiary alicyclic amines) is 3. The van der Waals surface area contributed by atoms with Crippen LogP contribution in [0.4, 0.5) is 0 Å². The average molecular weight is 455 g/mol. The molecule has 0 bridgehead atoms. The number of aliphatic hydroxyl groups is 2. The van der Waals surface area contributed by atoms with Gasteiger partial charge in [-0.3, -0.25) is 19.2 Å². The molecule has 10 nitrogen and oxygen atoms in total. The first-order valence-corrected chi connectivity index (χ1v) is 11.6. The lowest BCUT2D eigenvalue weighted by molar-refractivity contribution is -0.177. The van der Waals surface area contributed by atoms with E-state index in [1.54, 1.807) is 4.90 Å². The highest BCUT2D eigenvalue weighted by Gasteiger charge is 2.61. The molecule has 6 unspecified atom stereocenters. The van der Waals surface area contributed by atoms with E-state index in [-0.39, 0.29) is 18.5 Å². The summed E-state index contributed by atoms with van der Waals surface area (Å²) in [5.41, 5.74) is -1.57. The molecule has 32 heavy (non-hydrogen) atoms. The van der Waals surface area contributed by atoms with E-state index < -0.39 is 41.6 Å². The molecule has 0 aromatic carbocycles. The monoisotopic (exact) mass is 454 g/mol. The van der Waals surface area contributed by atoms with E-state index in [4.69, 9.17) is 0 Å². The molecule has 3 saturated heterocycles. The SMILES string of the molecule is CC.CC(O)C(C(=O)N1CCCC1C)N1CC(NC(=O)C2CCCN2C=O)(C(C)O)C1=O. The molecule has 3 aliphatic heterocycles. The molecule has 6 atom stereocenters. The summed E-state index contributed by atoms with van der Waals surface area (Å²) >= 11 is 0. The Labute approximate surface area is 189 Å². The summed E-state index contributed by atoms with van der Waals surface area (Å²) in [4.78, 5) is 54.4. The fourth-order valence-corrected chi connectivity index (χ4v) is 4.84. The second-order valence-corrected chi connectivity index (χ2v) is 8.78. The number of hydrogen-bond donors (Lipinski definition) is 3. The summed E-state index contributed by atoms with van der Waals surface area (Å²) in [6.45, 7) is 9.75. The number of carbonyl (C=O) groups is 4. The van der Waals surface area contributed by atoms with Crippen molar-refractivity contribution in [2.24, 2.45) is 0 Å². The molecule has 0 aromatic rings. The van der Waals surface area contributed by atoms with Crippen LogP contribution < -0.4 is 5.32 Å². The third-order valence-corrected chi connectivity index (χ3v) is 6.74. The largest absolute Gasteiger partial charge is 0.391 e. The van der Waals surface area contributed by atoms with Crippen molar-refractivity contribution >= 4 is 24.1 Å². The number of aliphatic hydroxyl groups excluding tert-OH is 2. The molecular weight excluding hydrogens is 416 g/mol. The number of nitrogens with one attached hydrogen (secondary N) is 1. The van der Waals surface area contributed by atoms with Gasteiger partial charge in [-0.2, -0.15) is 0 Å². The Balaban J connectivity index is 0.00000176. The number of amides is 4. The summed E-state index contributed by atoms with van der Waals surface area (Å²) in [6.07, 6.45) is 1.22. The Morgan fingerprint density at radius 3 is 2.25 bits per heavy atom. The van der Waals surface area contributed by atoms with Gasteiger partial charge in [-0.1, -0.05) is 13.8 Å². The van der Waals surface area contributed by atoms with Crippen molar-refractivity contribution in [1.82, 2.24) is 20.0 Å². The maximum atomic E-state index is 13.2. The van der Waals surface area contributed by atoms with Gasteiger partial charge in [0, 0.05) is 19.1 Å². The Morgan fingerprint density at radius 1 is 1.16 bits per heavy atom. The van der Waals surface area contributed by atoms with Gasteiger partial charge in [0.15, 0.2) is 5.54 Å². The van der Waals surface area contributed by atoms with E-state index in [0.29, 0.717) is 32.3 Å². The third kappa shape index (κ3) is 4.61. The van der Waals surface area contributed by atoms with E-state index >= 15 is 0 Å². The van der Waals surface area contributed by atoms with Gasteiger partial charge >= 0.3 is 0 Å². The van der Waals surface area contributed by atoms with Gasteiger partial charge in [0.2, 0.25) is 18.2 Å². The van der Waals surface area contributed by atoms with Crippen LogP contribution in [0.1, 0.15) is 60.3 Å². The fourth-order valence-electron chi connectivity index (χ4n) is 4.84. The second-order valence-electron chi connectivity index (χ2n) is 8.78. The molecule has 0 radical (unpaired) electrons. The topological polar surface area (TPSA) is 130 Å². The highest BCUT2D eigenvalue weighted by molar-refractivity contribution is 6.01. The molecule has 3 aliphatic rings. The Kier molecular flexibility index (Phi) is 8.64. The molecule has 3 rings (SSSR count). The Bertz CT molecular complexity index is 715. The van der Waals surface area contributed by atoms with Gasteiger partial charge in [0.1, 0.15) is 12.1 Å². The zero-order valence-electron chi connectivity index (χ0n) is 19.8. The van der Waals surface area contributed by atoms with Crippen molar-refractivity contribution in [3.05, 3.63) is 0 Å². The van der Waals surface area contributed by atoms with Crippen molar-refractivity contribution in [2.75, 3.05) is 19.6 Å². The zero-order valence-corrected chi connectivity index (χ0v) is 19.8. The van der Waals surface area contributed by atoms with Crippen LogP contribution in [0.25, 0.3) is 0 Å². The third-order valence-electron chi connectivity index (χ3n) is 6.74. The second kappa shape index (κ2) is 10.6. The van der Waals surface area contributed by atoms with Crippen LogP contribution >= 0.6 is 0 Å². The minimum Gasteiger partial charge on any atom is -0.391 e. The zero-order chi connectivity index (χ0) is 24.2. The van der Waals surface area contributed by atoms with Crippen LogP contribution in [0.15, 0.2) is 0 Å². The highest BCUT2D eigenvalue weighted by Crippen LogP contribution is 2.32. The van der Waals surface area contributed by atoms with E-state index in [9.17, 15) is 29.4 Å². The van der Waals surface area contributed by atoms with Gasteiger partial charge in [0.25, 0.3) is 5.91 Å². The van der Waals surface area contributed by atoms with Gasteiger partial charge in [-0.25, -0.2) is 0 Å². The number of nitrogens with zero attached hydrogens (tertiary/aromatic N) is 3. The van der Waals surface area contributed by atoms with Crippen LogP contribution in [0.2, 0.25) is 0 Å². The normalized spacial score (nSPS) is 30.1. The number of carbonyl (C=O) groups excluding carboxylic acids is 4. The summed E-state index contributed by atoms with van der Waals surface area (Å²) in [7, 11) is 0. The number of rotatable bonds is 7. The summed E-state index contributed by atoms with van der Waals surface area (Å²) in [6, 6.07) is -1.72. The van der Waals surface area contributed by atoms with Gasteiger partial charge in [-0.05, 0) is 46.5 Å². The minimum atomic E-state index is -1.57. The first-order valence-electron chi connectivity index (χ1n) is 11.6. The lowest BCUT2D eigenvalue weighted by Gasteiger charge is -2.54. The lowest BCUT2D eigenvalue weighted by atomic mass is 9.80. The van der Waals surface area contributed by atoms with Crippen LogP contribution in [0, 0.1) is 0 Å². The average Bonchev–Trinajstić information content (AvgIpc) is 3.41. The number of β-lactam (4-membered cyclic amide) rings is 1. The fraction of sp³-hybridized carbons (Fsp3) is 0.818. The van der Waals surface area contributed by atoms with E-state index in [1.807, 2.05) is 20.8 Å². The van der Waals surface area contributed by atoms with E-state index in [0.717, 1.165) is 12.8 Å². The summed E-state index contributed by atoms with van der Waals surface area (Å²) in [5.74, 6) is -1.43. The van der Waals surface area contributed by atoms with Crippen molar-refractivity contribution < 1.29 is 29.4 Å². The van der Waals surface area contributed by atoms with Crippen molar-refractivity contribution in [3.63, 3.8) is 0 Å². The molecule has 0 spiro atoms. The lowest BCUT2D eigenvalue weighted by Crippen LogP contribution is -2.82. The molecule has 0 aromatic heterocycles. The maximum absolute atomic E-state index is 13.2. The van der Waals surface area contributed by atoms with E-state index in [1.165, 1.54) is 23.6 Å². The Morgan fingerprint density at radius 2 is 1.78 bits per heavy atom. The molecule has 0 aliphatic carbocycles. The first kappa shape index (κ1) is 26.1. The molecule has 3 N–H and O–H groups in total. The minimum absolute atomic E-state index is 0.0352. The van der Waals surface area contributed by atoms with Gasteiger partial charge < -0.3 is 30.2 Å². The predicted molar refractivity (Wildman–Crippen MR) is 117 cm³/mol. The molecule has 10 heteroatoms. The molecule has 3 heterocycles. The van der Waals surface area contributed by atoms with Crippen LogP contribution in [0.5, 0.6) is 0 Å². The van der Waals surface area contributed by atoms with Crippen molar-refractivity contribution in [1.29, 1.82) is 0 Å². The smallest absolute Gasteiger partial charge is 0.253 e. The molecule has 3 fully saturated rings. The Hall–Kier alpha value is -2.20. The molecule has 4 amide bonds. The van der Waals surface area contributed by atoms with Crippen molar-refractivity contribution in [3.8, 4) is 0 Å². The van der Waals surface area contributed by atoms with Crippen LogP contribution in [-0.2, 0) is 19.2 Å². The highest BCUT2D eigenvalue weighted by atomic mass is 16.3. The van der Waals surface area contributed by atoms with Crippen molar-refractivity contribution in [2.45, 2.75) is 96.2 Å². The number of hydrogen-bond acceptors (Lipinski definition) is 6.